The second-order valence-electron chi connectivity index (χ2n) is 4.70. The number of aromatic nitrogens is 1. The highest BCUT2D eigenvalue weighted by atomic mass is 16.5. The number of hydrogen-bond donors (Lipinski definition) is 1. The van der Waals surface area contributed by atoms with E-state index in [1.165, 1.54) is 11.1 Å². The van der Waals surface area contributed by atoms with Crippen molar-refractivity contribution >= 4 is 16.5 Å². The van der Waals surface area contributed by atoms with Crippen LogP contribution in [0.3, 0.4) is 0 Å². The van der Waals surface area contributed by atoms with Gasteiger partial charge in [0.05, 0.1) is 7.11 Å². The first kappa shape index (κ1) is 12.5. The Labute approximate surface area is 118 Å². The van der Waals surface area contributed by atoms with Gasteiger partial charge in [-0.25, -0.2) is 0 Å². The lowest BCUT2D eigenvalue weighted by Crippen LogP contribution is -1.86. The summed E-state index contributed by atoms with van der Waals surface area (Å²) >= 11 is 0. The van der Waals surface area contributed by atoms with Crippen molar-refractivity contribution in [1.29, 1.82) is 0 Å². The molecule has 1 heterocycles. The molecule has 1 aromatic heterocycles. The van der Waals surface area contributed by atoms with Crippen LogP contribution in [0.5, 0.6) is 5.75 Å². The minimum absolute atomic E-state index is 0.879. The van der Waals surface area contributed by atoms with E-state index in [9.17, 15) is 0 Å². The number of aromatic amines is 1. The quantitative estimate of drug-likeness (QED) is 0.732. The Morgan fingerprint density at radius 3 is 2.55 bits per heavy atom. The van der Waals surface area contributed by atoms with Crippen molar-refractivity contribution in [2.45, 2.75) is 6.92 Å². The van der Waals surface area contributed by atoms with E-state index in [1.54, 1.807) is 7.11 Å². The highest BCUT2D eigenvalue weighted by molar-refractivity contribution is 5.89. The fourth-order valence-electron chi connectivity index (χ4n) is 2.48. The molecule has 0 unspecified atom stereocenters. The zero-order valence-corrected chi connectivity index (χ0v) is 11.7. The van der Waals surface area contributed by atoms with Crippen molar-refractivity contribution in [3.63, 3.8) is 0 Å². The molecule has 0 saturated heterocycles. The third-order valence-electron chi connectivity index (χ3n) is 3.49. The van der Waals surface area contributed by atoms with Crippen LogP contribution in [0, 0.1) is 0 Å². The molecule has 2 nitrogen and oxygen atoms in total. The Morgan fingerprint density at radius 2 is 1.85 bits per heavy atom. The van der Waals surface area contributed by atoms with Crippen molar-refractivity contribution < 1.29 is 4.74 Å². The first-order valence-corrected chi connectivity index (χ1v) is 6.70. The van der Waals surface area contributed by atoms with Crippen molar-refractivity contribution in [2.75, 3.05) is 7.11 Å². The average Bonchev–Trinajstić information content (AvgIpc) is 2.91. The predicted octanol–water partition coefficient (Wildman–Crippen LogP) is 4.63. The van der Waals surface area contributed by atoms with Crippen LogP contribution in [0.2, 0.25) is 0 Å². The maximum absolute atomic E-state index is 5.27. The van der Waals surface area contributed by atoms with E-state index in [0.717, 1.165) is 22.3 Å². The summed E-state index contributed by atoms with van der Waals surface area (Å²) in [6, 6.07) is 18.6. The van der Waals surface area contributed by atoms with Crippen molar-refractivity contribution in [3.05, 3.63) is 71.9 Å². The number of ether oxygens (including phenoxy) is 1. The van der Waals surface area contributed by atoms with E-state index in [2.05, 4.69) is 54.4 Å². The SMILES string of the molecule is CC=C(c1ccccc1)c1cc2cc(OC)ccc2[nH]1. The van der Waals surface area contributed by atoms with E-state index < -0.39 is 0 Å². The molecule has 0 saturated carbocycles. The normalized spacial score (nSPS) is 11.8. The minimum Gasteiger partial charge on any atom is -0.497 e. The highest BCUT2D eigenvalue weighted by Gasteiger charge is 2.08. The number of methoxy groups -OCH3 is 1. The standard InChI is InChI=1S/C18H17NO/c1-3-16(13-7-5-4-6-8-13)18-12-14-11-15(20-2)9-10-17(14)19-18/h3-12,19H,1-2H3. The largest absolute Gasteiger partial charge is 0.497 e. The summed E-state index contributed by atoms with van der Waals surface area (Å²) in [5.74, 6) is 0.879. The Morgan fingerprint density at radius 1 is 1.05 bits per heavy atom. The molecular formula is C18H17NO. The van der Waals surface area contributed by atoms with E-state index in [-0.39, 0.29) is 0 Å². The maximum atomic E-state index is 5.27. The van der Waals surface area contributed by atoms with Gasteiger partial charge in [-0.1, -0.05) is 36.4 Å². The molecule has 0 radical (unpaired) electrons. The fraction of sp³-hybridized carbons (Fsp3) is 0.111. The predicted molar refractivity (Wildman–Crippen MR) is 84.0 cm³/mol. The molecule has 1 N–H and O–H groups in total. The number of fused-ring (bicyclic) bond motifs is 1. The summed E-state index contributed by atoms with van der Waals surface area (Å²) < 4.78 is 5.27. The first-order chi connectivity index (χ1) is 9.81. The second-order valence-corrected chi connectivity index (χ2v) is 4.70. The number of allylic oxidation sites excluding steroid dienone is 1. The van der Waals surface area contributed by atoms with Gasteiger partial charge in [-0.05, 0) is 36.8 Å². The smallest absolute Gasteiger partial charge is 0.119 e. The molecule has 0 amide bonds. The van der Waals surface area contributed by atoms with Crippen LogP contribution in [0.15, 0.2) is 60.7 Å². The molecule has 0 fully saturated rings. The molecule has 0 atom stereocenters. The van der Waals surface area contributed by atoms with Gasteiger partial charge < -0.3 is 9.72 Å². The van der Waals surface area contributed by atoms with Gasteiger partial charge in [0.25, 0.3) is 0 Å². The Balaban J connectivity index is 2.09. The van der Waals surface area contributed by atoms with E-state index in [4.69, 9.17) is 4.74 Å². The van der Waals surface area contributed by atoms with E-state index in [1.807, 2.05) is 18.2 Å². The lowest BCUT2D eigenvalue weighted by atomic mass is 10.0. The van der Waals surface area contributed by atoms with Gasteiger partial charge in [-0.15, -0.1) is 0 Å². The summed E-state index contributed by atoms with van der Waals surface area (Å²) in [5, 5.41) is 1.16. The molecule has 0 aliphatic heterocycles. The number of nitrogens with one attached hydrogen (secondary N) is 1. The zero-order chi connectivity index (χ0) is 13.9. The Hall–Kier alpha value is -2.48. The number of rotatable bonds is 3. The lowest BCUT2D eigenvalue weighted by Gasteiger charge is -2.04. The molecule has 2 aromatic carbocycles. The molecule has 3 rings (SSSR count). The molecular weight excluding hydrogens is 246 g/mol. The zero-order valence-electron chi connectivity index (χ0n) is 11.7. The summed E-state index contributed by atoms with van der Waals surface area (Å²) in [4.78, 5) is 3.47. The van der Waals surface area contributed by atoms with Crippen LogP contribution < -0.4 is 4.74 Å². The van der Waals surface area contributed by atoms with Gasteiger partial charge in [0, 0.05) is 22.2 Å². The van der Waals surface area contributed by atoms with Gasteiger partial charge >= 0.3 is 0 Å². The first-order valence-electron chi connectivity index (χ1n) is 6.70. The van der Waals surface area contributed by atoms with E-state index >= 15 is 0 Å². The van der Waals surface area contributed by atoms with Gasteiger partial charge in [-0.2, -0.15) is 0 Å². The fourth-order valence-corrected chi connectivity index (χ4v) is 2.48. The monoisotopic (exact) mass is 263 g/mol. The third kappa shape index (κ3) is 2.21. The number of benzene rings is 2. The molecule has 0 spiro atoms. The average molecular weight is 263 g/mol. The second kappa shape index (κ2) is 5.25. The van der Waals surface area contributed by atoms with Gasteiger partial charge in [-0.3, -0.25) is 0 Å². The summed E-state index contributed by atoms with van der Waals surface area (Å²) in [6.45, 7) is 2.06. The summed E-state index contributed by atoms with van der Waals surface area (Å²) in [7, 11) is 1.69. The van der Waals surface area contributed by atoms with E-state index in [0.29, 0.717) is 0 Å². The van der Waals surface area contributed by atoms with Crippen LogP contribution in [-0.2, 0) is 0 Å². The van der Waals surface area contributed by atoms with Gasteiger partial charge in [0.2, 0.25) is 0 Å². The molecule has 20 heavy (non-hydrogen) atoms. The number of hydrogen-bond acceptors (Lipinski definition) is 1. The molecule has 0 bridgehead atoms. The van der Waals surface area contributed by atoms with Gasteiger partial charge in [0.1, 0.15) is 5.75 Å². The third-order valence-corrected chi connectivity index (χ3v) is 3.49. The topological polar surface area (TPSA) is 25.0 Å². The van der Waals surface area contributed by atoms with Crippen molar-refractivity contribution in [3.8, 4) is 5.75 Å². The highest BCUT2D eigenvalue weighted by Crippen LogP contribution is 2.28. The van der Waals surface area contributed by atoms with Crippen LogP contribution in [0.4, 0.5) is 0 Å². The van der Waals surface area contributed by atoms with Gasteiger partial charge in [0.15, 0.2) is 0 Å². The Kier molecular flexibility index (Phi) is 3.30. The lowest BCUT2D eigenvalue weighted by molar-refractivity contribution is 0.415. The summed E-state index contributed by atoms with van der Waals surface area (Å²) in [5.41, 5.74) is 4.67. The van der Waals surface area contributed by atoms with Crippen LogP contribution >= 0.6 is 0 Å². The molecule has 0 aliphatic rings. The minimum atomic E-state index is 0.879. The molecule has 3 aromatic rings. The summed E-state index contributed by atoms with van der Waals surface area (Å²) in [6.07, 6.45) is 2.14. The molecule has 2 heteroatoms. The Bertz CT molecular complexity index is 753. The molecule has 0 aliphatic carbocycles. The maximum Gasteiger partial charge on any atom is 0.119 e. The number of H-pyrrole nitrogens is 1. The van der Waals surface area contributed by atoms with Crippen LogP contribution in [0.25, 0.3) is 16.5 Å². The van der Waals surface area contributed by atoms with Crippen LogP contribution in [-0.4, -0.2) is 12.1 Å². The molecule has 100 valence electrons. The van der Waals surface area contributed by atoms with Crippen molar-refractivity contribution in [1.82, 2.24) is 4.98 Å². The van der Waals surface area contributed by atoms with Crippen LogP contribution in [0.1, 0.15) is 18.2 Å². The van der Waals surface area contributed by atoms with Crippen molar-refractivity contribution in [2.24, 2.45) is 0 Å².